The standard InChI is InChI=1S/C24H25ClN8O2S/c1-24(2,3)20-18(13-5-8-34-12-13)29-23(36-20)31-22-30-21-19(32(22)4)17(25)15(11-27-21)35-14-9-16-26-6-7-33(16)28-10-14/h6-7,9-11,13H,5,8,12H2,1-4H3,(H,27,29,30,31). The first-order chi connectivity index (χ1) is 17.3. The molecule has 1 fully saturated rings. The molecule has 1 atom stereocenters. The Kier molecular flexibility index (Phi) is 5.58. The largest absolute Gasteiger partial charge is 0.452 e. The molecule has 1 aliphatic rings. The average molecular weight is 525 g/mol. The summed E-state index contributed by atoms with van der Waals surface area (Å²) in [5.74, 6) is 1.83. The zero-order valence-electron chi connectivity index (χ0n) is 20.3. The van der Waals surface area contributed by atoms with Crippen LogP contribution in [0.15, 0.2) is 30.9 Å². The molecule has 0 aliphatic carbocycles. The zero-order valence-corrected chi connectivity index (χ0v) is 21.9. The number of nitrogens with zero attached hydrogens (tertiary/aromatic N) is 7. The quantitative estimate of drug-likeness (QED) is 0.323. The summed E-state index contributed by atoms with van der Waals surface area (Å²) >= 11 is 8.42. The first-order valence-corrected chi connectivity index (χ1v) is 12.8. The van der Waals surface area contributed by atoms with E-state index < -0.39 is 0 Å². The van der Waals surface area contributed by atoms with Crippen molar-refractivity contribution in [3.05, 3.63) is 46.4 Å². The first kappa shape index (κ1) is 23.1. The van der Waals surface area contributed by atoms with E-state index in [1.807, 2.05) is 11.6 Å². The molecule has 5 aromatic heterocycles. The number of ether oxygens (including phenoxy) is 2. The van der Waals surface area contributed by atoms with Gasteiger partial charge in [0.25, 0.3) is 0 Å². The van der Waals surface area contributed by atoms with Crippen LogP contribution in [0, 0.1) is 0 Å². The highest BCUT2D eigenvalue weighted by Gasteiger charge is 2.30. The lowest BCUT2D eigenvalue weighted by Crippen LogP contribution is -2.14. The topological polar surface area (TPSA) is 104 Å². The Morgan fingerprint density at radius 2 is 2.08 bits per heavy atom. The van der Waals surface area contributed by atoms with Crippen molar-refractivity contribution in [3.8, 4) is 11.5 Å². The number of hydrogen-bond acceptors (Lipinski definition) is 9. The molecule has 0 bridgehead atoms. The Balaban J connectivity index is 1.32. The number of pyridine rings is 1. The maximum atomic E-state index is 6.76. The molecule has 1 N–H and O–H groups in total. The number of halogens is 1. The van der Waals surface area contributed by atoms with Crippen LogP contribution in [0.1, 0.15) is 43.7 Å². The van der Waals surface area contributed by atoms with Gasteiger partial charge in [-0.05, 0) is 11.8 Å². The van der Waals surface area contributed by atoms with Crippen molar-refractivity contribution in [1.82, 2.24) is 34.1 Å². The van der Waals surface area contributed by atoms with Crippen LogP contribution in [-0.2, 0) is 17.2 Å². The maximum absolute atomic E-state index is 6.76. The van der Waals surface area contributed by atoms with Gasteiger partial charge in [-0.3, -0.25) is 0 Å². The SMILES string of the molecule is Cn1c(Nc2nc(C3CCOC3)c(C(C)(C)C)s2)nc2ncc(Oc3cnn4ccnc4c3)c(Cl)c21. The third kappa shape index (κ3) is 4.06. The van der Waals surface area contributed by atoms with Gasteiger partial charge in [0.15, 0.2) is 27.9 Å². The molecule has 6 heterocycles. The Hall–Kier alpha value is -3.28. The lowest BCUT2D eigenvalue weighted by atomic mass is 9.89. The molecule has 1 saturated heterocycles. The maximum Gasteiger partial charge on any atom is 0.211 e. The molecule has 1 aliphatic heterocycles. The molecular formula is C24H25ClN8O2S. The Labute approximate surface area is 216 Å². The summed E-state index contributed by atoms with van der Waals surface area (Å²) in [5, 5.41) is 8.86. The van der Waals surface area contributed by atoms with Crippen LogP contribution in [-0.4, -0.2) is 47.3 Å². The summed E-state index contributed by atoms with van der Waals surface area (Å²) in [6, 6.07) is 1.78. The average Bonchev–Trinajstić information content (AvgIpc) is 3.62. The van der Waals surface area contributed by atoms with E-state index in [0.717, 1.165) is 23.9 Å². The van der Waals surface area contributed by atoms with E-state index in [1.54, 1.807) is 46.7 Å². The fraction of sp³-hybridized carbons (Fsp3) is 0.375. The summed E-state index contributed by atoms with van der Waals surface area (Å²) in [6.07, 6.45) is 7.60. The molecule has 10 nitrogen and oxygen atoms in total. The minimum absolute atomic E-state index is 0.0206. The number of hydrogen-bond donors (Lipinski definition) is 1. The van der Waals surface area contributed by atoms with Gasteiger partial charge in [0.1, 0.15) is 10.5 Å². The predicted molar refractivity (Wildman–Crippen MR) is 139 cm³/mol. The second-order valence-electron chi connectivity index (χ2n) is 9.80. The van der Waals surface area contributed by atoms with Gasteiger partial charge in [0.2, 0.25) is 5.95 Å². The third-order valence-electron chi connectivity index (χ3n) is 6.13. The van der Waals surface area contributed by atoms with Gasteiger partial charge in [-0.2, -0.15) is 10.1 Å². The molecular weight excluding hydrogens is 500 g/mol. The van der Waals surface area contributed by atoms with Crippen LogP contribution < -0.4 is 10.1 Å². The number of aromatic nitrogens is 7. The normalized spacial score (nSPS) is 16.3. The Morgan fingerprint density at radius 1 is 1.22 bits per heavy atom. The predicted octanol–water partition coefficient (Wildman–Crippen LogP) is 5.46. The van der Waals surface area contributed by atoms with Crippen molar-refractivity contribution in [2.45, 2.75) is 38.5 Å². The molecule has 6 rings (SSSR count). The monoisotopic (exact) mass is 524 g/mol. The molecule has 1 unspecified atom stereocenters. The summed E-state index contributed by atoms with van der Waals surface area (Å²) in [5.41, 5.74) is 2.93. The van der Waals surface area contributed by atoms with Crippen LogP contribution in [0.5, 0.6) is 11.5 Å². The molecule has 5 aromatic rings. The molecule has 36 heavy (non-hydrogen) atoms. The van der Waals surface area contributed by atoms with Gasteiger partial charge < -0.3 is 19.4 Å². The highest BCUT2D eigenvalue weighted by Crippen LogP contribution is 2.41. The van der Waals surface area contributed by atoms with E-state index in [9.17, 15) is 0 Å². The van der Waals surface area contributed by atoms with E-state index in [1.165, 1.54) is 4.88 Å². The molecule has 0 spiro atoms. The minimum Gasteiger partial charge on any atom is -0.452 e. The first-order valence-electron chi connectivity index (χ1n) is 11.6. The van der Waals surface area contributed by atoms with Gasteiger partial charge in [-0.25, -0.2) is 19.5 Å². The zero-order chi connectivity index (χ0) is 25.0. The molecule has 0 aromatic carbocycles. The number of aryl methyl sites for hydroxylation is 1. The number of fused-ring (bicyclic) bond motifs is 2. The highest BCUT2D eigenvalue weighted by molar-refractivity contribution is 7.16. The lowest BCUT2D eigenvalue weighted by molar-refractivity contribution is 0.193. The van der Waals surface area contributed by atoms with Crippen LogP contribution in [0.25, 0.3) is 16.8 Å². The summed E-state index contributed by atoms with van der Waals surface area (Å²) in [7, 11) is 1.89. The molecule has 0 saturated carbocycles. The van der Waals surface area contributed by atoms with Crippen LogP contribution in [0.4, 0.5) is 11.1 Å². The summed E-state index contributed by atoms with van der Waals surface area (Å²) in [4.78, 5) is 19.6. The number of nitrogens with one attached hydrogen (secondary N) is 1. The van der Waals surface area contributed by atoms with Crippen molar-refractivity contribution in [3.63, 3.8) is 0 Å². The van der Waals surface area contributed by atoms with E-state index in [4.69, 9.17) is 26.1 Å². The van der Waals surface area contributed by atoms with E-state index in [-0.39, 0.29) is 5.41 Å². The van der Waals surface area contributed by atoms with Crippen LogP contribution in [0.3, 0.4) is 0 Å². The Bertz CT molecular complexity index is 1580. The van der Waals surface area contributed by atoms with Crippen LogP contribution in [0.2, 0.25) is 5.02 Å². The highest BCUT2D eigenvalue weighted by atomic mass is 35.5. The van der Waals surface area contributed by atoms with Gasteiger partial charge in [-0.1, -0.05) is 32.4 Å². The fourth-order valence-corrected chi connectivity index (χ4v) is 5.72. The van der Waals surface area contributed by atoms with Gasteiger partial charge in [-0.15, -0.1) is 11.3 Å². The van der Waals surface area contributed by atoms with Crippen molar-refractivity contribution < 1.29 is 9.47 Å². The van der Waals surface area contributed by atoms with Crippen molar-refractivity contribution in [2.24, 2.45) is 7.05 Å². The van der Waals surface area contributed by atoms with E-state index >= 15 is 0 Å². The third-order valence-corrected chi connectivity index (χ3v) is 7.91. The molecule has 0 radical (unpaired) electrons. The second kappa shape index (κ2) is 8.68. The molecule has 12 heteroatoms. The lowest BCUT2D eigenvalue weighted by Gasteiger charge is -2.19. The van der Waals surface area contributed by atoms with Gasteiger partial charge >= 0.3 is 0 Å². The smallest absolute Gasteiger partial charge is 0.211 e. The number of rotatable bonds is 5. The summed E-state index contributed by atoms with van der Waals surface area (Å²) < 4.78 is 15.2. The van der Waals surface area contributed by atoms with E-state index in [2.05, 4.69) is 46.1 Å². The van der Waals surface area contributed by atoms with Gasteiger partial charge in [0, 0.05) is 42.9 Å². The number of imidazole rings is 2. The van der Waals surface area contributed by atoms with Crippen LogP contribution >= 0.6 is 22.9 Å². The number of anilines is 2. The van der Waals surface area contributed by atoms with Crippen molar-refractivity contribution in [2.75, 3.05) is 18.5 Å². The minimum atomic E-state index is -0.0206. The second-order valence-corrected chi connectivity index (χ2v) is 11.2. The van der Waals surface area contributed by atoms with Crippen molar-refractivity contribution in [1.29, 1.82) is 0 Å². The van der Waals surface area contributed by atoms with E-state index in [0.29, 0.717) is 51.8 Å². The fourth-order valence-electron chi connectivity index (χ4n) is 4.32. The molecule has 0 amide bonds. The number of thiazole rings is 1. The summed E-state index contributed by atoms with van der Waals surface area (Å²) in [6.45, 7) is 8.13. The van der Waals surface area contributed by atoms with Crippen molar-refractivity contribution >= 4 is 50.8 Å². The molecule has 186 valence electrons. The Morgan fingerprint density at radius 3 is 2.86 bits per heavy atom. The van der Waals surface area contributed by atoms with Gasteiger partial charge in [0.05, 0.1) is 24.7 Å².